The number of benzene rings is 1. The van der Waals surface area contributed by atoms with Crippen molar-refractivity contribution >= 4 is 34.3 Å². The second kappa shape index (κ2) is 9.16. The SMILES string of the molecule is C/C1=C(/[C@@](C)(O)I)[C@@H](O)C(=O)[C@@]2(C)[C@H]([C@H](OC(=O)c3ccccc3)C[C@@H]1O)[C@]1(O)CO[C@@H]1C[C@@H]2O. The van der Waals surface area contributed by atoms with Crippen LogP contribution in [0, 0.1) is 11.3 Å². The summed E-state index contributed by atoms with van der Waals surface area (Å²) in [5.74, 6) is -2.76. The van der Waals surface area contributed by atoms with Crippen molar-refractivity contribution in [2.45, 2.75) is 73.3 Å². The van der Waals surface area contributed by atoms with Crippen LogP contribution in [0.3, 0.4) is 0 Å². The van der Waals surface area contributed by atoms with E-state index >= 15 is 0 Å². The Labute approximate surface area is 216 Å². The van der Waals surface area contributed by atoms with Crippen molar-refractivity contribution in [3.05, 3.63) is 47.0 Å². The number of ketones is 1. The fraction of sp³-hybridized carbons (Fsp3) is 0.600. The maximum atomic E-state index is 13.9. The molecule has 3 aliphatic rings. The molecule has 4 rings (SSSR count). The van der Waals surface area contributed by atoms with Crippen molar-refractivity contribution in [2.24, 2.45) is 11.3 Å². The zero-order chi connectivity index (χ0) is 25.9. The number of esters is 1. The molecule has 0 bridgehead atoms. The number of hydrogen-bond donors (Lipinski definition) is 5. The summed E-state index contributed by atoms with van der Waals surface area (Å²) in [6.07, 6.45) is -6.88. The average molecular weight is 602 g/mol. The fourth-order valence-corrected chi connectivity index (χ4v) is 6.71. The molecular formula is C25H31IO9. The molecule has 2 fully saturated rings. The highest BCUT2D eigenvalue weighted by atomic mass is 127. The first kappa shape index (κ1) is 26.6. The summed E-state index contributed by atoms with van der Waals surface area (Å²) < 4.78 is 9.63. The number of ether oxygens (including phenoxy) is 2. The van der Waals surface area contributed by atoms with Gasteiger partial charge in [-0.1, -0.05) is 18.2 Å². The molecule has 0 radical (unpaired) electrons. The fourth-order valence-electron chi connectivity index (χ4n) is 5.99. The zero-order valence-corrected chi connectivity index (χ0v) is 21.9. The van der Waals surface area contributed by atoms with Crippen LogP contribution in [0.25, 0.3) is 0 Å². The minimum atomic E-state index is -1.87. The van der Waals surface area contributed by atoms with Crippen LogP contribution in [-0.2, 0) is 14.3 Å². The molecule has 1 aromatic rings. The predicted molar refractivity (Wildman–Crippen MR) is 132 cm³/mol. The molecule has 10 heteroatoms. The third-order valence-electron chi connectivity index (χ3n) is 7.95. The van der Waals surface area contributed by atoms with Gasteiger partial charge in [-0.3, -0.25) is 4.79 Å². The Morgan fingerprint density at radius 1 is 1.20 bits per heavy atom. The topological polar surface area (TPSA) is 154 Å². The Morgan fingerprint density at radius 2 is 1.83 bits per heavy atom. The maximum absolute atomic E-state index is 13.9. The molecule has 35 heavy (non-hydrogen) atoms. The van der Waals surface area contributed by atoms with E-state index in [-0.39, 0.29) is 36.2 Å². The first-order chi connectivity index (χ1) is 16.2. The van der Waals surface area contributed by atoms with Crippen LogP contribution in [0.5, 0.6) is 0 Å². The number of aliphatic hydroxyl groups is 5. The Morgan fingerprint density at radius 3 is 2.37 bits per heavy atom. The predicted octanol–water partition coefficient (Wildman–Crippen LogP) is 0.884. The highest BCUT2D eigenvalue weighted by Crippen LogP contribution is 2.56. The highest BCUT2D eigenvalue weighted by Gasteiger charge is 2.70. The van der Waals surface area contributed by atoms with Gasteiger partial charge in [-0.25, -0.2) is 4.79 Å². The molecule has 1 saturated heterocycles. The molecule has 0 unspecified atom stereocenters. The van der Waals surface area contributed by atoms with Crippen molar-refractivity contribution in [3.63, 3.8) is 0 Å². The Kier molecular flexibility index (Phi) is 6.97. The normalized spacial score (nSPS) is 43.4. The van der Waals surface area contributed by atoms with Crippen LogP contribution in [0.4, 0.5) is 0 Å². The largest absolute Gasteiger partial charge is 0.458 e. The second-order valence-electron chi connectivity index (χ2n) is 10.2. The summed E-state index contributed by atoms with van der Waals surface area (Å²) in [6, 6.07) is 8.16. The van der Waals surface area contributed by atoms with Crippen molar-refractivity contribution in [1.82, 2.24) is 0 Å². The monoisotopic (exact) mass is 602 g/mol. The molecule has 0 amide bonds. The molecule has 5 N–H and O–H groups in total. The van der Waals surface area contributed by atoms with E-state index in [2.05, 4.69) is 0 Å². The van der Waals surface area contributed by atoms with E-state index in [0.29, 0.717) is 0 Å². The number of Topliss-reactive ketones (excluding diaryl/α,β-unsaturated/α-hetero) is 1. The molecule has 1 saturated carbocycles. The van der Waals surface area contributed by atoms with Gasteiger partial charge in [0.25, 0.3) is 0 Å². The summed E-state index contributed by atoms with van der Waals surface area (Å²) in [7, 11) is 0. The summed E-state index contributed by atoms with van der Waals surface area (Å²) in [5, 5.41) is 55.9. The van der Waals surface area contributed by atoms with E-state index in [1.165, 1.54) is 20.8 Å². The van der Waals surface area contributed by atoms with Gasteiger partial charge in [-0.2, -0.15) is 0 Å². The minimum absolute atomic E-state index is 0.0669. The zero-order valence-electron chi connectivity index (χ0n) is 19.7. The van der Waals surface area contributed by atoms with Crippen molar-refractivity contribution in [2.75, 3.05) is 6.61 Å². The van der Waals surface area contributed by atoms with E-state index in [1.54, 1.807) is 52.9 Å². The average Bonchev–Trinajstić information content (AvgIpc) is 2.80. The van der Waals surface area contributed by atoms with Gasteiger partial charge in [0.15, 0.2) is 5.78 Å². The van der Waals surface area contributed by atoms with Crippen molar-refractivity contribution in [3.8, 4) is 0 Å². The van der Waals surface area contributed by atoms with Crippen LogP contribution in [0.15, 0.2) is 41.5 Å². The molecule has 192 valence electrons. The first-order valence-electron chi connectivity index (χ1n) is 11.5. The van der Waals surface area contributed by atoms with Gasteiger partial charge in [0.05, 0.1) is 35.9 Å². The standard InChI is InChI=1S/C25H31IO9/c1-12-14(27)9-15(35-22(31)13-7-5-4-6-8-13)20-23(2,16(28)10-17-25(20,33)11-34-17)21(30)19(29)18(12)24(3,26)32/h4-8,14-17,19-20,27-29,32-33H,9-11H2,1-3H3/b18-12-/t14-,15+,16-,17+,19+,20-,23+,24+,25-/m0/s1. The lowest BCUT2D eigenvalue weighted by molar-refractivity contribution is -0.326. The number of hydrogen-bond acceptors (Lipinski definition) is 9. The molecule has 1 aromatic carbocycles. The quantitative estimate of drug-likeness (QED) is 0.147. The van der Waals surface area contributed by atoms with Gasteiger partial charge in [0, 0.05) is 24.3 Å². The number of alkyl halides is 1. The van der Waals surface area contributed by atoms with E-state index in [1.807, 2.05) is 0 Å². The van der Waals surface area contributed by atoms with Crippen LogP contribution in [-0.4, -0.2) is 83.6 Å². The maximum Gasteiger partial charge on any atom is 0.338 e. The van der Waals surface area contributed by atoms with Gasteiger partial charge < -0.3 is 35.0 Å². The number of aliphatic hydroxyl groups excluding tert-OH is 3. The van der Waals surface area contributed by atoms with Crippen LogP contribution in [0.1, 0.15) is 44.0 Å². The van der Waals surface area contributed by atoms with Gasteiger partial charge in [0.2, 0.25) is 0 Å². The minimum Gasteiger partial charge on any atom is -0.458 e. The molecule has 0 spiro atoms. The van der Waals surface area contributed by atoms with Crippen LogP contribution >= 0.6 is 22.6 Å². The summed E-state index contributed by atoms with van der Waals surface area (Å²) in [4.78, 5) is 27.0. The Hall–Kier alpha value is -1.41. The van der Waals surface area contributed by atoms with Gasteiger partial charge >= 0.3 is 5.97 Å². The highest BCUT2D eigenvalue weighted by molar-refractivity contribution is 14.1. The van der Waals surface area contributed by atoms with E-state index in [4.69, 9.17) is 9.47 Å². The van der Waals surface area contributed by atoms with Gasteiger partial charge in [-0.05, 0) is 61.1 Å². The molecular weight excluding hydrogens is 571 g/mol. The lowest BCUT2D eigenvalue weighted by atomic mass is 9.52. The van der Waals surface area contributed by atoms with Gasteiger partial charge in [-0.15, -0.1) is 0 Å². The van der Waals surface area contributed by atoms with Crippen LogP contribution in [0.2, 0.25) is 0 Å². The molecule has 2 aliphatic carbocycles. The van der Waals surface area contributed by atoms with Crippen molar-refractivity contribution < 1.29 is 44.6 Å². The third-order valence-corrected chi connectivity index (χ3v) is 8.53. The number of carbonyl (C=O) groups is 2. The molecule has 0 aromatic heterocycles. The van der Waals surface area contributed by atoms with E-state index < -0.39 is 62.8 Å². The Balaban J connectivity index is 1.88. The number of rotatable bonds is 3. The summed E-state index contributed by atoms with van der Waals surface area (Å²) >= 11 is 1.66. The van der Waals surface area contributed by atoms with E-state index in [0.717, 1.165) is 0 Å². The molecule has 1 aliphatic heterocycles. The molecule has 9 atom stereocenters. The lowest BCUT2D eigenvalue weighted by Crippen LogP contribution is -2.76. The lowest BCUT2D eigenvalue weighted by Gasteiger charge is -2.61. The number of halogens is 1. The van der Waals surface area contributed by atoms with Gasteiger partial charge in [0.1, 0.15) is 21.4 Å². The molecule has 1 heterocycles. The van der Waals surface area contributed by atoms with Crippen molar-refractivity contribution in [1.29, 1.82) is 0 Å². The third kappa shape index (κ3) is 4.26. The number of fused-ring (bicyclic) bond motifs is 3. The summed E-state index contributed by atoms with van der Waals surface area (Å²) in [6.45, 7) is 4.13. The second-order valence-corrected chi connectivity index (χ2v) is 12.3. The smallest absolute Gasteiger partial charge is 0.338 e. The Bertz CT molecular complexity index is 1040. The summed E-state index contributed by atoms with van der Waals surface area (Å²) in [5.41, 5.74) is -3.14. The number of carbonyl (C=O) groups excluding carboxylic acids is 2. The van der Waals surface area contributed by atoms with Crippen LogP contribution < -0.4 is 0 Å². The first-order valence-corrected chi connectivity index (χ1v) is 12.6. The van der Waals surface area contributed by atoms with E-state index in [9.17, 15) is 35.1 Å². The molecule has 9 nitrogen and oxygen atoms in total.